The zero-order valence-corrected chi connectivity index (χ0v) is 14.4. The standard InChI is InChI=1S/C17H16ClIO2/c18-16-2-1-3-17(19)15(16)10-12-4-6-13(7-5-12)21-14-8-9-20-11-14/h1-7,14H,8-11H2/t14-/m0/s1. The largest absolute Gasteiger partial charge is 0.488 e. The number of hydrogen-bond acceptors (Lipinski definition) is 2. The average molecular weight is 415 g/mol. The summed E-state index contributed by atoms with van der Waals surface area (Å²) in [6.07, 6.45) is 2.00. The smallest absolute Gasteiger partial charge is 0.124 e. The summed E-state index contributed by atoms with van der Waals surface area (Å²) in [5.74, 6) is 0.906. The molecule has 0 bridgehead atoms. The minimum atomic E-state index is 0.195. The molecule has 2 aromatic carbocycles. The predicted molar refractivity (Wildman–Crippen MR) is 93.3 cm³/mol. The van der Waals surface area contributed by atoms with Crippen LogP contribution in [0.2, 0.25) is 5.02 Å². The van der Waals surface area contributed by atoms with Crippen molar-refractivity contribution in [3.8, 4) is 5.75 Å². The fourth-order valence-electron chi connectivity index (χ4n) is 2.39. The highest BCUT2D eigenvalue weighted by molar-refractivity contribution is 14.1. The minimum absolute atomic E-state index is 0.195. The molecule has 110 valence electrons. The number of benzene rings is 2. The van der Waals surface area contributed by atoms with Gasteiger partial charge < -0.3 is 9.47 Å². The van der Waals surface area contributed by atoms with Crippen LogP contribution in [0.1, 0.15) is 17.5 Å². The van der Waals surface area contributed by atoms with Gasteiger partial charge in [-0.25, -0.2) is 0 Å². The van der Waals surface area contributed by atoms with Gasteiger partial charge in [0.15, 0.2) is 0 Å². The molecule has 0 aromatic heterocycles. The summed E-state index contributed by atoms with van der Waals surface area (Å²) in [5.41, 5.74) is 2.41. The molecule has 2 aromatic rings. The lowest BCUT2D eigenvalue weighted by molar-refractivity contribution is 0.141. The number of hydrogen-bond donors (Lipinski definition) is 0. The molecule has 21 heavy (non-hydrogen) atoms. The van der Waals surface area contributed by atoms with E-state index in [-0.39, 0.29) is 6.10 Å². The van der Waals surface area contributed by atoms with E-state index in [1.165, 1.54) is 14.7 Å². The van der Waals surface area contributed by atoms with Crippen LogP contribution in [0.3, 0.4) is 0 Å². The summed E-state index contributed by atoms with van der Waals surface area (Å²) in [7, 11) is 0. The van der Waals surface area contributed by atoms with Crippen molar-refractivity contribution in [1.82, 2.24) is 0 Å². The van der Waals surface area contributed by atoms with Crippen LogP contribution < -0.4 is 4.74 Å². The van der Waals surface area contributed by atoms with E-state index >= 15 is 0 Å². The van der Waals surface area contributed by atoms with E-state index in [1.807, 2.05) is 24.3 Å². The summed E-state index contributed by atoms with van der Waals surface area (Å²) in [5, 5.41) is 0.824. The van der Waals surface area contributed by atoms with Crippen LogP contribution in [0.15, 0.2) is 42.5 Å². The maximum absolute atomic E-state index is 6.28. The first-order chi connectivity index (χ1) is 10.2. The third-order valence-corrected chi connectivity index (χ3v) is 4.92. The van der Waals surface area contributed by atoms with Gasteiger partial charge in [0.05, 0.1) is 13.2 Å². The molecular weight excluding hydrogens is 399 g/mol. The van der Waals surface area contributed by atoms with Crippen molar-refractivity contribution in [3.05, 3.63) is 62.2 Å². The first-order valence-corrected chi connectivity index (χ1v) is 8.44. The van der Waals surface area contributed by atoms with Gasteiger partial charge >= 0.3 is 0 Å². The van der Waals surface area contributed by atoms with E-state index in [9.17, 15) is 0 Å². The molecule has 1 heterocycles. The lowest BCUT2D eigenvalue weighted by atomic mass is 10.0. The molecule has 2 nitrogen and oxygen atoms in total. The Morgan fingerprint density at radius 1 is 1.19 bits per heavy atom. The Kier molecular flexibility index (Phi) is 5.03. The quantitative estimate of drug-likeness (QED) is 0.675. The first kappa shape index (κ1) is 15.1. The topological polar surface area (TPSA) is 18.5 Å². The van der Waals surface area contributed by atoms with Gasteiger partial charge in [-0.15, -0.1) is 0 Å². The number of halogens is 2. The van der Waals surface area contributed by atoms with Gasteiger partial charge in [-0.1, -0.05) is 29.8 Å². The summed E-state index contributed by atoms with van der Waals surface area (Å²) < 4.78 is 12.4. The monoisotopic (exact) mass is 414 g/mol. The van der Waals surface area contributed by atoms with E-state index in [1.54, 1.807) is 0 Å². The molecule has 4 heteroatoms. The molecule has 0 aliphatic carbocycles. The van der Waals surface area contributed by atoms with Crippen molar-refractivity contribution >= 4 is 34.2 Å². The SMILES string of the molecule is Clc1cccc(I)c1Cc1ccc(O[C@H]2CCOC2)cc1. The van der Waals surface area contributed by atoms with Crippen LogP contribution in [0.25, 0.3) is 0 Å². The van der Waals surface area contributed by atoms with Gasteiger partial charge in [-0.2, -0.15) is 0 Å². The highest BCUT2D eigenvalue weighted by Crippen LogP contribution is 2.25. The Labute approximate surface area is 143 Å². The van der Waals surface area contributed by atoms with Gasteiger partial charge in [0, 0.05) is 15.0 Å². The second-order valence-corrected chi connectivity index (χ2v) is 6.69. The van der Waals surface area contributed by atoms with E-state index in [2.05, 4.69) is 40.8 Å². The third kappa shape index (κ3) is 3.90. The van der Waals surface area contributed by atoms with Crippen molar-refractivity contribution in [2.24, 2.45) is 0 Å². The highest BCUT2D eigenvalue weighted by Gasteiger charge is 2.17. The maximum atomic E-state index is 6.28. The Morgan fingerprint density at radius 2 is 2.00 bits per heavy atom. The summed E-state index contributed by atoms with van der Waals surface area (Å²) >= 11 is 8.61. The molecule has 1 aliphatic rings. The molecular formula is C17H16ClIO2. The number of ether oxygens (including phenoxy) is 2. The van der Waals surface area contributed by atoms with Crippen molar-refractivity contribution in [2.45, 2.75) is 18.9 Å². The molecule has 1 aliphatic heterocycles. The van der Waals surface area contributed by atoms with Crippen molar-refractivity contribution in [1.29, 1.82) is 0 Å². The van der Waals surface area contributed by atoms with Gasteiger partial charge in [-0.05, 0) is 64.4 Å². The summed E-state index contributed by atoms with van der Waals surface area (Å²) in [6.45, 7) is 1.49. The fraction of sp³-hybridized carbons (Fsp3) is 0.294. The zero-order chi connectivity index (χ0) is 14.7. The molecule has 0 saturated carbocycles. The average Bonchev–Trinajstić information content (AvgIpc) is 2.98. The Morgan fingerprint density at radius 3 is 2.67 bits per heavy atom. The summed E-state index contributed by atoms with van der Waals surface area (Å²) in [6, 6.07) is 14.3. The van der Waals surface area contributed by atoms with Gasteiger partial charge in [0.2, 0.25) is 0 Å². The normalized spacial score (nSPS) is 17.9. The lowest BCUT2D eigenvalue weighted by Crippen LogP contribution is -2.15. The second kappa shape index (κ2) is 6.99. The van der Waals surface area contributed by atoms with Crippen molar-refractivity contribution in [3.63, 3.8) is 0 Å². The molecule has 0 amide bonds. The zero-order valence-electron chi connectivity index (χ0n) is 11.5. The molecule has 0 N–H and O–H groups in total. The second-order valence-electron chi connectivity index (χ2n) is 5.12. The minimum Gasteiger partial charge on any atom is -0.488 e. The Bertz CT molecular complexity index is 586. The van der Waals surface area contributed by atoms with E-state index in [0.717, 1.165) is 30.2 Å². The van der Waals surface area contributed by atoms with Crippen LogP contribution in [-0.4, -0.2) is 19.3 Å². The van der Waals surface area contributed by atoms with Crippen molar-refractivity contribution < 1.29 is 9.47 Å². The lowest BCUT2D eigenvalue weighted by Gasteiger charge is -2.12. The molecule has 1 fully saturated rings. The molecule has 3 rings (SSSR count). The fourth-order valence-corrected chi connectivity index (χ4v) is 3.48. The molecule has 0 unspecified atom stereocenters. The Hall–Kier alpha value is -0.780. The van der Waals surface area contributed by atoms with E-state index in [4.69, 9.17) is 21.1 Å². The third-order valence-electron chi connectivity index (χ3n) is 3.56. The molecule has 0 spiro atoms. The van der Waals surface area contributed by atoms with Crippen LogP contribution in [0.5, 0.6) is 5.75 Å². The molecule has 1 atom stereocenters. The van der Waals surface area contributed by atoms with Gasteiger partial charge in [-0.3, -0.25) is 0 Å². The van der Waals surface area contributed by atoms with Crippen LogP contribution >= 0.6 is 34.2 Å². The Balaban J connectivity index is 1.69. The predicted octanol–water partition coefficient (Wildman–Crippen LogP) is 4.70. The van der Waals surface area contributed by atoms with E-state index in [0.29, 0.717) is 6.61 Å². The molecule has 1 saturated heterocycles. The van der Waals surface area contributed by atoms with Gasteiger partial charge in [0.25, 0.3) is 0 Å². The highest BCUT2D eigenvalue weighted by atomic mass is 127. The van der Waals surface area contributed by atoms with Gasteiger partial charge in [0.1, 0.15) is 11.9 Å². The number of rotatable bonds is 4. The molecule has 0 radical (unpaired) electrons. The first-order valence-electron chi connectivity index (χ1n) is 6.98. The maximum Gasteiger partial charge on any atom is 0.124 e. The van der Waals surface area contributed by atoms with E-state index < -0.39 is 0 Å². The van der Waals surface area contributed by atoms with Crippen LogP contribution in [0.4, 0.5) is 0 Å². The van der Waals surface area contributed by atoms with Crippen LogP contribution in [0, 0.1) is 3.57 Å². The van der Waals surface area contributed by atoms with Crippen LogP contribution in [-0.2, 0) is 11.2 Å². The summed E-state index contributed by atoms with van der Waals surface area (Å²) in [4.78, 5) is 0. The van der Waals surface area contributed by atoms with Crippen molar-refractivity contribution in [2.75, 3.05) is 13.2 Å².